The van der Waals surface area contributed by atoms with Gasteiger partial charge >= 0.3 is 0 Å². The van der Waals surface area contributed by atoms with Gasteiger partial charge in [0.15, 0.2) is 5.65 Å². The first-order valence-electron chi connectivity index (χ1n) is 7.34. The van der Waals surface area contributed by atoms with Crippen molar-refractivity contribution in [2.45, 2.75) is 25.2 Å². The van der Waals surface area contributed by atoms with Crippen molar-refractivity contribution in [3.05, 3.63) is 24.2 Å². The molecule has 0 saturated carbocycles. The van der Waals surface area contributed by atoms with Gasteiger partial charge in [-0.1, -0.05) is 0 Å². The van der Waals surface area contributed by atoms with Gasteiger partial charge in [-0.15, -0.1) is 0 Å². The number of rotatable bonds is 4. The molecule has 0 unspecified atom stereocenters. The van der Waals surface area contributed by atoms with Gasteiger partial charge in [-0.2, -0.15) is 0 Å². The third-order valence-corrected chi connectivity index (χ3v) is 4.09. The topological polar surface area (TPSA) is 71.1 Å². The van der Waals surface area contributed by atoms with Crippen LogP contribution in [-0.2, 0) is 9.53 Å². The maximum Gasteiger partial charge on any atom is 0.224 e. The zero-order valence-corrected chi connectivity index (χ0v) is 12.2. The zero-order valence-electron chi connectivity index (χ0n) is 12.2. The number of aromatic amines is 1. The highest BCUT2D eigenvalue weighted by molar-refractivity contribution is 5.76. The molecule has 1 aliphatic rings. The average Bonchev–Trinajstić information content (AvgIpc) is 2.96. The van der Waals surface area contributed by atoms with Crippen LogP contribution in [0.25, 0.3) is 11.2 Å². The van der Waals surface area contributed by atoms with Crippen molar-refractivity contribution < 1.29 is 9.53 Å². The van der Waals surface area contributed by atoms with Crippen molar-refractivity contribution >= 4 is 17.1 Å². The van der Waals surface area contributed by atoms with E-state index in [9.17, 15) is 4.79 Å². The number of hydrogen-bond acceptors (Lipinski definition) is 4. The van der Waals surface area contributed by atoms with E-state index >= 15 is 0 Å². The Morgan fingerprint density at radius 1 is 1.38 bits per heavy atom. The summed E-state index contributed by atoms with van der Waals surface area (Å²) in [5.41, 5.74) is 2.93. The van der Waals surface area contributed by atoms with Crippen molar-refractivity contribution in [2.24, 2.45) is 0 Å². The summed E-state index contributed by atoms with van der Waals surface area (Å²) in [4.78, 5) is 25.8. The molecule has 2 aromatic heterocycles. The number of nitrogens with zero attached hydrogens (tertiary/aromatic N) is 3. The van der Waals surface area contributed by atoms with E-state index in [0.29, 0.717) is 18.9 Å². The van der Waals surface area contributed by atoms with Crippen LogP contribution in [0, 0.1) is 0 Å². The minimum absolute atomic E-state index is 0.190. The minimum Gasteiger partial charge on any atom is -0.384 e. The fourth-order valence-electron chi connectivity index (χ4n) is 2.88. The second-order valence-electron chi connectivity index (χ2n) is 5.41. The van der Waals surface area contributed by atoms with E-state index in [2.05, 4.69) is 21.0 Å². The van der Waals surface area contributed by atoms with Crippen molar-refractivity contribution in [3.63, 3.8) is 0 Å². The van der Waals surface area contributed by atoms with Crippen molar-refractivity contribution in [1.82, 2.24) is 19.9 Å². The van der Waals surface area contributed by atoms with Gasteiger partial charge in [-0.05, 0) is 18.9 Å². The molecule has 1 saturated heterocycles. The smallest absolute Gasteiger partial charge is 0.224 e. The normalized spacial score (nSPS) is 16.5. The first-order chi connectivity index (χ1) is 10.3. The Hall–Kier alpha value is -1.95. The van der Waals surface area contributed by atoms with Crippen LogP contribution in [-0.4, -0.2) is 52.6 Å². The Bertz CT molecular complexity index is 584. The van der Waals surface area contributed by atoms with Crippen molar-refractivity contribution in [1.29, 1.82) is 0 Å². The number of fused-ring (bicyclic) bond motifs is 1. The molecule has 1 fully saturated rings. The molecule has 0 aromatic carbocycles. The van der Waals surface area contributed by atoms with E-state index in [4.69, 9.17) is 4.74 Å². The SMILES string of the molecule is COCCC(=O)N1CCC(c2cc3nccnc3[nH]2)CC1. The number of aromatic nitrogens is 3. The molecule has 0 bridgehead atoms. The lowest BCUT2D eigenvalue weighted by Crippen LogP contribution is -2.38. The lowest BCUT2D eigenvalue weighted by Gasteiger charge is -2.31. The number of H-pyrrole nitrogens is 1. The summed E-state index contributed by atoms with van der Waals surface area (Å²) in [6, 6.07) is 2.08. The number of methoxy groups -OCH3 is 1. The number of amides is 1. The van der Waals surface area contributed by atoms with E-state index in [0.717, 1.165) is 37.1 Å². The van der Waals surface area contributed by atoms with Crippen LogP contribution in [0.5, 0.6) is 0 Å². The molecule has 112 valence electrons. The molecule has 1 amide bonds. The molecule has 0 atom stereocenters. The predicted molar refractivity (Wildman–Crippen MR) is 78.9 cm³/mol. The van der Waals surface area contributed by atoms with Crippen LogP contribution in [0.1, 0.15) is 30.9 Å². The van der Waals surface area contributed by atoms with Gasteiger partial charge in [0, 0.05) is 44.2 Å². The van der Waals surface area contributed by atoms with Crippen molar-refractivity contribution in [3.8, 4) is 0 Å². The molecule has 1 N–H and O–H groups in total. The largest absolute Gasteiger partial charge is 0.384 e. The summed E-state index contributed by atoms with van der Waals surface area (Å²) >= 11 is 0. The molecule has 6 nitrogen and oxygen atoms in total. The number of carbonyl (C=O) groups excluding carboxylic acids is 1. The molecular formula is C15H20N4O2. The summed E-state index contributed by atoms with van der Waals surface area (Å²) in [5.74, 6) is 0.641. The first-order valence-corrected chi connectivity index (χ1v) is 7.34. The van der Waals surface area contributed by atoms with E-state index in [-0.39, 0.29) is 5.91 Å². The maximum atomic E-state index is 12.0. The highest BCUT2D eigenvalue weighted by Crippen LogP contribution is 2.29. The Balaban J connectivity index is 1.61. The van der Waals surface area contributed by atoms with Crippen molar-refractivity contribution in [2.75, 3.05) is 26.8 Å². The molecule has 0 radical (unpaired) electrons. The number of likely N-dealkylation sites (tertiary alicyclic amines) is 1. The zero-order chi connectivity index (χ0) is 14.7. The van der Waals surface area contributed by atoms with Crippen LogP contribution in [0.3, 0.4) is 0 Å². The van der Waals surface area contributed by atoms with Gasteiger partial charge in [0.2, 0.25) is 5.91 Å². The molecule has 2 aromatic rings. The highest BCUT2D eigenvalue weighted by atomic mass is 16.5. The first kappa shape index (κ1) is 14.0. The van der Waals surface area contributed by atoms with Crippen LogP contribution in [0.2, 0.25) is 0 Å². The van der Waals surface area contributed by atoms with Crippen LogP contribution in [0.15, 0.2) is 18.5 Å². The number of nitrogens with one attached hydrogen (secondary N) is 1. The average molecular weight is 288 g/mol. The van der Waals surface area contributed by atoms with Gasteiger partial charge in [-0.3, -0.25) is 9.78 Å². The summed E-state index contributed by atoms with van der Waals surface area (Å²) in [5, 5.41) is 0. The van der Waals surface area contributed by atoms with Crippen LogP contribution < -0.4 is 0 Å². The van der Waals surface area contributed by atoms with E-state index in [1.165, 1.54) is 5.69 Å². The molecule has 3 rings (SSSR count). The third kappa shape index (κ3) is 3.05. The lowest BCUT2D eigenvalue weighted by molar-refractivity contribution is -0.133. The third-order valence-electron chi connectivity index (χ3n) is 4.09. The second-order valence-corrected chi connectivity index (χ2v) is 5.41. The van der Waals surface area contributed by atoms with Gasteiger partial charge in [0.25, 0.3) is 0 Å². The summed E-state index contributed by atoms with van der Waals surface area (Å²) < 4.78 is 4.96. The number of carbonyl (C=O) groups is 1. The van der Waals surface area contributed by atoms with Gasteiger partial charge in [-0.25, -0.2) is 4.98 Å². The lowest BCUT2D eigenvalue weighted by atomic mass is 9.93. The quantitative estimate of drug-likeness (QED) is 0.929. The van der Waals surface area contributed by atoms with Gasteiger partial charge < -0.3 is 14.6 Å². The number of piperidine rings is 1. The van der Waals surface area contributed by atoms with E-state index < -0.39 is 0 Å². The van der Waals surface area contributed by atoms with Crippen LogP contribution in [0.4, 0.5) is 0 Å². The number of hydrogen-bond donors (Lipinski definition) is 1. The molecule has 3 heterocycles. The molecular weight excluding hydrogens is 268 g/mol. The highest BCUT2D eigenvalue weighted by Gasteiger charge is 2.24. The fourth-order valence-corrected chi connectivity index (χ4v) is 2.88. The molecule has 21 heavy (non-hydrogen) atoms. The van der Waals surface area contributed by atoms with Crippen LogP contribution >= 0.6 is 0 Å². The molecule has 6 heteroatoms. The summed E-state index contributed by atoms with van der Waals surface area (Å²) in [6.07, 6.45) is 5.83. The van der Waals surface area contributed by atoms with Gasteiger partial charge in [0.1, 0.15) is 5.52 Å². The monoisotopic (exact) mass is 288 g/mol. The summed E-state index contributed by atoms with van der Waals surface area (Å²) in [7, 11) is 1.62. The standard InChI is InChI=1S/C15H20N4O2/c1-21-9-4-14(20)19-7-2-11(3-8-19)12-10-13-15(18-12)17-6-5-16-13/h5-6,10-11H,2-4,7-9H2,1H3,(H,17,18). The number of ether oxygens (including phenoxy) is 1. The Morgan fingerprint density at radius 3 is 2.86 bits per heavy atom. The molecule has 0 spiro atoms. The van der Waals surface area contributed by atoms with E-state index in [1.54, 1.807) is 19.5 Å². The van der Waals surface area contributed by atoms with E-state index in [1.807, 2.05) is 4.90 Å². The predicted octanol–water partition coefficient (Wildman–Crippen LogP) is 1.70. The fraction of sp³-hybridized carbons (Fsp3) is 0.533. The Kier molecular flexibility index (Phi) is 4.15. The Morgan fingerprint density at radius 2 is 2.14 bits per heavy atom. The Labute approximate surface area is 123 Å². The maximum absolute atomic E-state index is 12.0. The minimum atomic E-state index is 0.190. The second kappa shape index (κ2) is 6.22. The molecule has 1 aliphatic heterocycles. The molecule has 0 aliphatic carbocycles. The van der Waals surface area contributed by atoms with Gasteiger partial charge in [0.05, 0.1) is 13.0 Å². The summed E-state index contributed by atoms with van der Waals surface area (Å²) in [6.45, 7) is 2.12.